The molecule has 1 heterocycles. The number of carboxylic acids is 1. The van der Waals surface area contributed by atoms with Crippen LogP contribution >= 0.6 is 0 Å². The Morgan fingerprint density at radius 1 is 1.17 bits per heavy atom. The van der Waals surface area contributed by atoms with Crippen molar-refractivity contribution in [1.82, 2.24) is 5.32 Å². The Morgan fingerprint density at radius 2 is 1.89 bits per heavy atom. The van der Waals surface area contributed by atoms with Gasteiger partial charge in [0, 0.05) is 6.61 Å². The number of hydrogen-bond acceptors (Lipinski definition) is 3. The number of amides is 1. The van der Waals surface area contributed by atoms with E-state index in [0.29, 0.717) is 26.1 Å². The molecule has 0 aromatic rings. The lowest BCUT2D eigenvalue weighted by atomic mass is 9.81. The van der Waals surface area contributed by atoms with E-state index in [0.717, 1.165) is 32.1 Å². The van der Waals surface area contributed by atoms with Gasteiger partial charge in [0.25, 0.3) is 0 Å². The van der Waals surface area contributed by atoms with Crippen molar-refractivity contribution in [2.45, 2.75) is 50.5 Å². The Bertz CT molecular complexity index is 317. The molecule has 2 rings (SSSR count). The van der Waals surface area contributed by atoms with Crippen molar-refractivity contribution < 1.29 is 19.4 Å². The van der Waals surface area contributed by atoms with E-state index in [1.807, 2.05) is 0 Å². The third-order valence-corrected chi connectivity index (χ3v) is 4.01. The lowest BCUT2D eigenvalue weighted by molar-refractivity contribution is -0.150. The molecule has 1 saturated heterocycles. The Morgan fingerprint density at radius 3 is 2.44 bits per heavy atom. The Kier molecular flexibility index (Phi) is 4.22. The second kappa shape index (κ2) is 5.69. The molecule has 1 amide bonds. The van der Waals surface area contributed by atoms with Crippen LogP contribution in [0, 0.1) is 5.92 Å². The molecule has 0 aromatic carbocycles. The zero-order valence-corrected chi connectivity index (χ0v) is 10.6. The van der Waals surface area contributed by atoms with Crippen molar-refractivity contribution in [3.8, 4) is 0 Å². The molecule has 18 heavy (non-hydrogen) atoms. The fourth-order valence-electron chi connectivity index (χ4n) is 2.83. The number of carbonyl (C=O) groups is 2. The van der Waals surface area contributed by atoms with Gasteiger partial charge >= 0.3 is 5.97 Å². The summed E-state index contributed by atoms with van der Waals surface area (Å²) in [5.41, 5.74) is -1.03. The minimum Gasteiger partial charge on any atom is -0.480 e. The number of ether oxygens (including phenoxy) is 1. The van der Waals surface area contributed by atoms with E-state index < -0.39 is 11.5 Å². The van der Waals surface area contributed by atoms with E-state index in [1.165, 1.54) is 0 Å². The topological polar surface area (TPSA) is 75.6 Å². The number of nitrogens with one attached hydrogen (secondary N) is 1. The van der Waals surface area contributed by atoms with Gasteiger partial charge in [-0.15, -0.1) is 0 Å². The van der Waals surface area contributed by atoms with Gasteiger partial charge in [-0.05, 0) is 25.7 Å². The van der Waals surface area contributed by atoms with Crippen LogP contribution in [0.4, 0.5) is 0 Å². The zero-order valence-electron chi connectivity index (χ0n) is 10.6. The molecular formula is C13H21NO4. The molecule has 1 saturated carbocycles. The minimum absolute atomic E-state index is 0.154. The van der Waals surface area contributed by atoms with E-state index in [-0.39, 0.29) is 11.8 Å². The summed E-state index contributed by atoms with van der Waals surface area (Å²) in [5.74, 6) is -1.23. The van der Waals surface area contributed by atoms with Crippen molar-refractivity contribution in [2.75, 3.05) is 13.2 Å². The van der Waals surface area contributed by atoms with Crippen molar-refractivity contribution in [2.24, 2.45) is 5.92 Å². The summed E-state index contributed by atoms with van der Waals surface area (Å²) >= 11 is 0. The van der Waals surface area contributed by atoms with Gasteiger partial charge in [-0.2, -0.15) is 0 Å². The summed E-state index contributed by atoms with van der Waals surface area (Å²) in [6.45, 7) is 1.12. The highest BCUT2D eigenvalue weighted by atomic mass is 16.5. The van der Waals surface area contributed by atoms with Crippen LogP contribution in [-0.2, 0) is 14.3 Å². The Labute approximate surface area is 107 Å². The van der Waals surface area contributed by atoms with Crippen LogP contribution in [0.3, 0.4) is 0 Å². The predicted molar refractivity (Wildman–Crippen MR) is 65.1 cm³/mol. The molecule has 5 heteroatoms. The average Bonchev–Trinajstić information content (AvgIpc) is 2.40. The molecule has 0 bridgehead atoms. The first-order chi connectivity index (χ1) is 8.64. The Balaban J connectivity index is 1.99. The molecule has 0 aromatic heterocycles. The first-order valence-electron chi connectivity index (χ1n) is 6.77. The van der Waals surface area contributed by atoms with Crippen LogP contribution in [0.5, 0.6) is 0 Å². The van der Waals surface area contributed by atoms with Crippen molar-refractivity contribution in [3.05, 3.63) is 0 Å². The van der Waals surface area contributed by atoms with Gasteiger partial charge < -0.3 is 15.2 Å². The zero-order chi connectivity index (χ0) is 13.0. The standard InChI is InChI=1S/C13H21NO4/c15-11(10-5-4-8-18-9-10)14-13(12(16)17)6-2-1-3-7-13/h10H,1-9H2,(H,14,15)(H,16,17). The summed E-state index contributed by atoms with van der Waals surface area (Å²) in [4.78, 5) is 23.6. The van der Waals surface area contributed by atoms with Crippen LogP contribution in [-0.4, -0.2) is 35.7 Å². The summed E-state index contributed by atoms with van der Waals surface area (Å²) in [7, 11) is 0. The average molecular weight is 255 g/mol. The summed E-state index contributed by atoms with van der Waals surface area (Å²) in [6, 6.07) is 0. The van der Waals surface area contributed by atoms with Crippen LogP contribution in [0.15, 0.2) is 0 Å². The highest BCUT2D eigenvalue weighted by molar-refractivity contribution is 5.88. The molecule has 2 aliphatic rings. The third-order valence-electron chi connectivity index (χ3n) is 4.01. The second-order valence-electron chi connectivity index (χ2n) is 5.35. The summed E-state index contributed by atoms with van der Waals surface area (Å²) < 4.78 is 5.28. The maximum atomic E-state index is 12.1. The minimum atomic E-state index is -1.03. The van der Waals surface area contributed by atoms with Crippen LogP contribution in [0.2, 0.25) is 0 Å². The van der Waals surface area contributed by atoms with Crippen molar-refractivity contribution in [1.29, 1.82) is 0 Å². The second-order valence-corrected chi connectivity index (χ2v) is 5.35. The fraction of sp³-hybridized carbons (Fsp3) is 0.846. The Hall–Kier alpha value is -1.10. The highest BCUT2D eigenvalue weighted by Gasteiger charge is 2.42. The first kappa shape index (κ1) is 13.3. The number of carbonyl (C=O) groups excluding carboxylic acids is 1. The molecule has 5 nitrogen and oxygen atoms in total. The molecule has 2 fully saturated rings. The van der Waals surface area contributed by atoms with Gasteiger partial charge in [-0.1, -0.05) is 19.3 Å². The predicted octanol–water partition coefficient (Wildman–Crippen LogP) is 1.32. The summed E-state index contributed by atoms with van der Waals surface area (Å²) in [6.07, 6.45) is 5.54. The van der Waals surface area contributed by atoms with Crippen LogP contribution in [0.1, 0.15) is 44.9 Å². The maximum absolute atomic E-state index is 12.1. The lowest BCUT2D eigenvalue weighted by Gasteiger charge is -2.35. The SMILES string of the molecule is O=C(NC1(C(=O)O)CCCCC1)C1CCCOC1. The number of hydrogen-bond donors (Lipinski definition) is 2. The molecule has 2 N–H and O–H groups in total. The molecule has 1 aliphatic heterocycles. The normalized spacial score (nSPS) is 27.4. The molecular weight excluding hydrogens is 234 g/mol. The van der Waals surface area contributed by atoms with Gasteiger partial charge in [0.15, 0.2) is 0 Å². The maximum Gasteiger partial charge on any atom is 0.329 e. The van der Waals surface area contributed by atoms with Gasteiger partial charge in [0.2, 0.25) is 5.91 Å². The largest absolute Gasteiger partial charge is 0.480 e. The molecule has 1 aliphatic carbocycles. The van der Waals surface area contributed by atoms with E-state index in [9.17, 15) is 14.7 Å². The first-order valence-corrected chi connectivity index (χ1v) is 6.77. The number of carboxylic acid groups (broad SMARTS) is 1. The van der Waals surface area contributed by atoms with E-state index in [1.54, 1.807) is 0 Å². The van der Waals surface area contributed by atoms with E-state index in [2.05, 4.69) is 5.32 Å². The molecule has 0 spiro atoms. The molecule has 0 radical (unpaired) electrons. The number of rotatable bonds is 3. The van der Waals surface area contributed by atoms with Gasteiger partial charge in [-0.25, -0.2) is 4.79 Å². The molecule has 1 atom stereocenters. The van der Waals surface area contributed by atoms with Gasteiger partial charge in [-0.3, -0.25) is 4.79 Å². The molecule has 1 unspecified atom stereocenters. The monoisotopic (exact) mass is 255 g/mol. The molecule has 102 valence electrons. The van der Waals surface area contributed by atoms with Gasteiger partial charge in [0.1, 0.15) is 5.54 Å². The summed E-state index contributed by atoms with van der Waals surface area (Å²) in [5, 5.41) is 12.2. The quantitative estimate of drug-likeness (QED) is 0.797. The van der Waals surface area contributed by atoms with E-state index >= 15 is 0 Å². The van der Waals surface area contributed by atoms with Gasteiger partial charge in [0.05, 0.1) is 12.5 Å². The number of aliphatic carboxylic acids is 1. The van der Waals surface area contributed by atoms with Crippen molar-refractivity contribution >= 4 is 11.9 Å². The smallest absolute Gasteiger partial charge is 0.329 e. The highest BCUT2D eigenvalue weighted by Crippen LogP contribution is 2.29. The third kappa shape index (κ3) is 2.83. The fourth-order valence-corrected chi connectivity index (χ4v) is 2.83. The van der Waals surface area contributed by atoms with Crippen molar-refractivity contribution in [3.63, 3.8) is 0 Å². The van der Waals surface area contributed by atoms with E-state index in [4.69, 9.17) is 4.74 Å². The lowest BCUT2D eigenvalue weighted by Crippen LogP contribution is -2.57. The van der Waals surface area contributed by atoms with Crippen LogP contribution < -0.4 is 5.32 Å². The van der Waals surface area contributed by atoms with Crippen LogP contribution in [0.25, 0.3) is 0 Å².